The fourth-order valence-electron chi connectivity index (χ4n) is 1.16. The summed E-state index contributed by atoms with van der Waals surface area (Å²) in [7, 11) is 2.14. The minimum Gasteiger partial charge on any atom is -0.377 e. The number of hydrogen-bond acceptors (Lipinski definition) is 2. The molecule has 0 amide bonds. The molecule has 0 aromatic carbocycles. The lowest BCUT2D eigenvalue weighted by Gasteiger charge is -2.26. The number of hydrogen-bond donors (Lipinski definition) is 0. The van der Waals surface area contributed by atoms with Crippen LogP contribution in [0.5, 0.6) is 0 Å². The Morgan fingerprint density at radius 3 is 2.23 bits per heavy atom. The molecule has 0 bridgehead atoms. The standard InChI is InChI=1S/C11H25NO/c1-6-8-13-11(10(3)4)9-12(5)7-2/h10-11H,6-9H2,1-5H3. The van der Waals surface area contributed by atoms with Gasteiger partial charge in [-0.05, 0) is 25.9 Å². The largest absolute Gasteiger partial charge is 0.377 e. The first-order valence-corrected chi connectivity index (χ1v) is 5.41. The van der Waals surface area contributed by atoms with Crippen molar-refractivity contribution in [3.05, 3.63) is 0 Å². The van der Waals surface area contributed by atoms with Crippen molar-refractivity contribution in [1.82, 2.24) is 4.90 Å². The number of likely N-dealkylation sites (N-methyl/N-ethyl adjacent to an activating group) is 1. The van der Waals surface area contributed by atoms with Crippen molar-refractivity contribution in [3.8, 4) is 0 Å². The summed E-state index contributed by atoms with van der Waals surface area (Å²) in [6.45, 7) is 11.8. The quantitative estimate of drug-likeness (QED) is 0.607. The Bertz CT molecular complexity index is 115. The first-order chi connectivity index (χ1) is 6.11. The number of nitrogens with zero attached hydrogens (tertiary/aromatic N) is 1. The molecule has 2 heteroatoms. The van der Waals surface area contributed by atoms with Crippen molar-refractivity contribution < 1.29 is 4.74 Å². The van der Waals surface area contributed by atoms with Gasteiger partial charge in [-0.15, -0.1) is 0 Å². The van der Waals surface area contributed by atoms with E-state index in [0.717, 1.165) is 26.1 Å². The molecule has 80 valence electrons. The van der Waals surface area contributed by atoms with Crippen molar-refractivity contribution in [3.63, 3.8) is 0 Å². The van der Waals surface area contributed by atoms with Gasteiger partial charge in [0.1, 0.15) is 0 Å². The van der Waals surface area contributed by atoms with Gasteiger partial charge in [-0.3, -0.25) is 0 Å². The third-order valence-electron chi connectivity index (χ3n) is 2.31. The second kappa shape index (κ2) is 7.34. The molecule has 0 aromatic rings. The van der Waals surface area contributed by atoms with Crippen molar-refractivity contribution >= 4 is 0 Å². The molecule has 0 N–H and O–H groups in total. The summed E-state index contributed by atoms with van der Waals surface area (Å²) < 4.78 is 5.78. The second-order valence-electron chi connectivity index (χ2n) is 4.01. The van der Waals surface area contributed by atoms with Crippen LogP contribution in [0.25, 0.3) is 0 Å². The topological polar surface area (TPSA) is 12.5 Å². The van der Waals surface area contributed by atoms with Crippen LogP contribution < -0.4 is 0 Å². The fraction of sp³-hybridized carbons (Fsp3) is 1.00. The van der Waals surface area contributed by atoms with Crippen LogP contribution in [0.4, 0.5) is 0 Å². The molecule has 0 aliphatic carbocycles. The molecule has 0 aromatic heterocycles. The molecule has 13 heavy (non-hydrogen) atoms. The zero-order valence-corrected chi connectivity index (χ0v) is 9.84. The third-order valence-corrected chi connectivity index (χ3v) is 2.31. The summed E-state index contributed by atoms with van der Waals surface area (Å²) in [4.78, 5) is 2.31. The van der Waals surface area contributed by atoms with E-state index in [1.807, 2.05) is 0 Å². The van der Waals surface area contributed by atoms with E-state index < -0.39 is 0 Å². The maximum atomic E-state index is 5.78. The average molecular weight is 187 g/mol. The summed E-state index contributed by atoms with van der Waals surface area (Å²) in [5.41, 5.74) is 0. The lowest BCUT2D eigenvalue weighted by Crippen LogP contribution is -2.34. The summed E-state index contributed by atoms with van der Waals surface area (Å²) >= 11 is 0. The Morgan fingerprint density at radius 2 is 1.85 bits per heavy atom. The van der Waals surface area contributed by atoms with E-state index in [9.17, 15) is 0 Å². The van der Waals surface area contributed by atoms with Crippen LogP contribution in [0.1, 0.15) is 34.1 Å². The summed E-state index contributed by atoms with van der Waals surface area (Å²) in [5.74, 6) is 0.612. The van der Waals surface area contributed by atoms with E-state index >= 15 is 0 Å². The molecule has 0 fully saturated rings. The summed E-state index contributed by atoms with van der Waals surface area (Å²) in [6, 6.07) is 0. The molecular weight excluding hydrogens is 162 g/mol. The smallest absolute Gasteiger partial charge is 0.0724 e. The van der Waals surface area contributed by atoms with Gasteiger partial charge in [-0.25, -0.2) is 0 Å². The van der Waals surface area contributed by atoms with E-state index in [2.05, 4.69) is 39.6 Å². The molecule has 0 saturated carbocycles. The van der Waals surface area contributed by atoms with E-state index in [0.29, 0.717) is 12.0 Å². The predicted octanol–water partition coefficient (Wildman–Crippen LogP) is 2.39. The van der Waals surface area contributed by atoms with E-state index in [1.165, 1.54) is 0 Å². The third kappa shape index (κ3) is 6.05. The molecule has 0 spiro atoms. The molecule has 0 heterocycles. The van der Waals surface area contributed by atoms with Gasteiger partial charge in [-0.1, -0.05) is 27.7 Å². The van der Waals surface area contributed by atoms with Gasteiger partial charge < -0.3 is 9.64 Å². The molecule has 0 saturated heterocycles. The lowest BCUT2D eigenvalue weighted by atomic mass is 10.1. The van der Waals surface area contributed by atoms with Crippen LogP contribution in [-0.2, 0) is 4.74 Å². The van der Waals surface area contributed by atoms with Crippen LogP contribution >= 0.6 is 0 Å². The van der Waals surface area contributed by atoms with Crippen LogP contribution in [0, 0.1) is 5.92 Å². The molecular formula is C11H25NO. The Kier molecular flexibility index (Phi) is 7.29. The fourth-order valence-corrected chi connectivity index (χ4v) is 1.16. The minimum atomic E-state index is 0.393. The summed E-state index contributed by atoms with van der Waals surface area (Å²) in [6.07, 6.45) is 1.50. The molecule has 0 rings (SSSR count). The van der Waals surface area contributed by atoms with Crippen molar-refractivity contribution in [2.24, 2.45) is 5.92 Å². The van der Waals surface area contributed by atoms with Gasteiger partial charge in [-0.2, -0.15) is 0 Å². The molecule has 2 nitrogen and oxygen atoms in total. The zero-order valence-electron chi connectivity index (χ0n) is 9.84. The molecule has 0 aliphatic rings. The van der Waals surface area contributed by atoms with E-state index in [4.69, 9.17) is 4.74 Å². The maximum Gasteiger partial charge on any atom is 0.0724 e. The lowest BCUT2D eigenvalue weighted by molar-refractivity contribution is 0.00398. The monoisotopic (exact) mass is 187 g/mol. The van der Waals surface area contributed by atoms with Gasteiger partial charge in [0, 0.05) is 13.2 Å². The summed E-state index contributed by atoms with van der Waals surface area (Å²) in [5, 5.41) is 0. The highest BCUT2D eigenvalue weighted by Crippen LogP contribution is 2.08. The Balaban J connectivity index is 3.79. The van der Waals surface area contributed by atoms with Gasteiger partial charge >= 0.3 is 0 Å². The molecule has 0 aliphatic heterocycles. The van der Waals surface area contributed by atoms with Crippen LogP contribution in [0.15, 0.2) is 0 Å². The van der Waals surface area contributed by atoms with Crippen LogP contribution in [0.3, 0.4) is 0 Å². The second-order valence-corrected chi connectivity index (χ2v) is 4.01. The number of ether oxygens (including phenoxy) is 1. The Morgan fingerprint density at radius 1 is 1.23 bits per heavy atom. The van der Waals surface area contributed by atoms with E-state index in [-0.39, 0.29) is 0 Å². The van der Waals surface area contributed by atoms with Crippen LogP contribution in [0.2, 0.25) is 0 Å². The van der Waals surface area contributed by atoms with Crippen molar-refractivity contribution in [2.75, 3.05) is 26.7 Å². The van der Waals surface area contributed by atoms with Crippen molar-refractivity contribution in [2.45, 2.75) is 40.2 Å². The normalized spacial score (nSPS) is 14.1. The highest BCUT2D eigenvalue weighted by atomic mass is 16.5. The highest BCUT2D eigenvalue weighted by molar-refractivity contribution is 4.66. The molecule has 1 unspecified atom stereocenters. The Labute approximate surface area is 83.3 Å². The predicted molar refractivity (Wildman–Crippen MR) is 58.0 cm³/mol. The first-order valence-electron chi connectivity index (χ1n) is 5.41. The Hall–Kier alpha value is -0.0800. The van der Waals surface area contributed by atoms with Gasteiger partial charge in [0.2, 0.25) is 0 Å². The molecule has 0 radical (unpaired) electrons. The maximum absolute atomic E-state index is 5.78. The SMILES string of the molecule is CCCOC(CN(C)CC)C(C)C. The minimum absolute atomic E-state index is 0.393. The van der Waals surface area contributed by atoms with Gasteiger partial charge in [0.25, 0.3) is 0 Å². The van der Waals surface area contributed by atoms with Crippen LogP contribution in [-0.4, -0.2) is 37.7 Å². The number of rotatable bonds is 7. The molecule has 1 atom stereocenters. The highest BCUT2D eigenvalue weighted by Gasteiger charge is 2.14. The van der Waals surface area contributed by atoms with Gasteiger partial charge in [0.05, 0.1) is 6.10 Å². The van der Waals surface area contributed by atoms with Gasteiger partial charge in [0.15, 0.2) is 0 Å². The van der Waals surface area contributed by atoms with E-state index in [1.54, 1.807) is 0 Å². The average Bonchev–Trinajstić information content (AvgIpc) is 2.11. The van der Waals surface area contributed by atoms with Crippen molar-refractivity contribution in [1.29, 1.82) is 0 Å². The zero-order chi connectivity index (χ0) is 10.3. The first kappa shape index (κ1) is 12.9.